The number of nitrogens with zero attached hydrogens (tertiary/aromatic N) is 1. The Kier molecular flexibility index (Phi) is 5.43. The van der Waals surface area contributed by atoms with Crippen molar-refractivity contribution in [3.8, 4) is 6.07 Å². The van der Waals surface area contributed by atoms with Crippen LogP contribution in [-0.4, -0.2) is 11.1 Å². The molecule has 0 aliphatic heterocycles. The molecule has 2 aromatic rings. The first-order chi connectivity index (χ1) is 10.5. The highest BCUT2D eigenvalue weighted by molar-refractivity contribution is 6.34. The van der Waals surface area contributed by atoms with E-state index in [4.69, 9.17) is 23.2 Å². The molecule has 0 fully saturated rings. The molecule has 112 valence electrons. The predicted octanol–water partition coefficient (Wildman–Crippen LogP) is 4.86. The summed E-state index contributed by atoms with van der Waals surface area (Å²) in [5, 5.41) is 19.6. The summed E-state index contributed by atoms with van der Waals surface area (Å²) in [5.41, 5.74) is 1.42. The summed E-state index contributed by atoms with van der Waals surface area (Å²) in [6, 6.07) is 16.2. The minimum absolute atomic E-state index is 0.177. The molecule has 0 aliphatic rings. The monoisotopic (exact) mass is 333 g/mol. The van der Waals surface area contributed by atoms with Crippen molar-refractivity contribution in [3.05, 3.63) is 69.7 Å². The van der Waals surface area contributed by atoms with Crippen LogP contribution < -0.4 is 0 Å². The second-order valence-corrected chi connectivity index (χ2v) is 5.80. The van der Waals surface area contributed by atoms with Crippen molar-refractivity contribution >= 4 is 29.2 Å². The van der Waals surface area contributed by atoms with Crippen LogP contribution in [0.2, 0.25) is 10.0 Å². The number of carbonyl (C=O) groups is 1. The van der Waals surface area contributed by atoms with E-state index in [0.29, 0.717) is 15.6 Å². The molecule has 2 atom stereocenters. The predicted molar refractivity (Wildman–Crippen MR) is 86.3 cm³/mol. The second-order valence-electron chi connectivity index (χ2n) is 4.92. The van der Waals surface area contributed by atoms with E-state index in [1.165, 1.54) is 0 Å². The Morgan fingerprint density at radius 2 is 1.68 bits per heavy atom. The first-order valence-corrected chi connectivity index (χ1v) is 7.39. The maximum absolute atomic E-state index is 11.2. The summed E-state index contributed by atoms with van der Waals surface area (Å²) in [6.07, 6.45) is -0.177. The Morgan fingerprint density at radius 3 is 2.18 bits per heavy atom. The molecule has 3 nitrogen and oxygen atoms in total. The number of halogens is 2. The molecular weight excluding hydrogens is 321 g/mol. The third-order valence-electron chi connectivity index (χ3n) is 3.41. The maximum Gasteiger partial charge on any atom is 0.304 e. The van der Waals surface area contributed by atoms with Crippen LogP contribution in [0.1, 0.15) is 29.4 Å². The van der Waals surface area contributed by atoms with Gasteiger partial charge in [-0.15, -0.1) is 0 Å². The summed E-state index contributed by atoms with van der Waals surface area (Å²) in [6.45, 7) is 0. The maximum atomic E-state index is 11.2. The van der Waals surface area contributed by atoms with Crippen molar-refractivity contribution in [2.45, 2.75) is 18.3 Å². The average Bonchev–Trinajstić information content (AvgIpc) is 2.46. The molecule has 2 unspecified atom stereocenters. The quantitative estimate of drug-likeness (QED) is 0.849. The number of hydrogen-bond acceptors (Lipinski definition) is 2. The van der Waals surface area contributed by atoms with E-state index in [1.807, 2.05) is 30.3 Å². The molecule has 1 N–H and O–H groups in total. The molecule has 0 saturated carbocycles. The van der Waals surface area contributed by atoms with Gasteiger partial charge in [0.15, 0.2) is 0 Å². The molecule has 22 heavy (non-hydrogen) atoms. The molecular formula is C17H13Cl2NO2. The van der Waals surface area contributed by atoms with Crippen LogP contribution in [0.4, 0.5) is 0 Å². The summed E-state index contributed by atoms with van der Waals surface area (Å²) in [7, 11) is 0. The summed E-state index contributed by atoms with van der Waals surface area (Å²) in [5.74, 6) is -2.09. The Morgan fingerprint density at radius 1 is 1.09 bits per heavy atom. The molecule has 5 heteroatoms. The lowest BCUT2D eigenvalue weighted by Crippen LogP contribution is -2.14. The first kappa shape index (κ1) is 16.4. The fraction of sp³-hybridized carbons (Fsp3) is 0.176. The largest absolute Gasteiger partial charge is 0.481 e. The normalized spacial score (nSPS) is 13.1. The van der Waals surface area contributed by atoms with Crippen molar-refractivity contribution < 1.29 is 9.90 Å². The number of rotatable bonds is 5. The standard InChI is InChI=1S/C17H13Cl2NO2/c18-13-6-12(7-14(19)8-13)15(9-17(21)22)16(10-20)11-4-2-1-3-5-11/h1-8,15-16H,9H2,(H,21,22). The van der Waals surface area contributed by atoms with Crippen molar-refractivity contribution in [3.63, 3.8) is 0 Å². The van der Waals surface area contributed by atoms with Crippen molar-refractivity contribution in [2.75, 3.05) is 0 Å². The molecule has 0 spiro atoms. The van der Waals surface area contributed by atoms with Gasteiger partial charge in [-0.3, -0.25) is 4.79 Å². The van der Waals surface area contributed by atoms with Gasteiger partial charge in [-0.25, -0.2) is 0 Å². The van der Waals surface area contributed by atoms with Gasteiger partial charge in [-0.1, -0.05) is 53.5 Å². The Labute approximate surface area is 138 Å². The molecule has 0 amide bonds. The molecule has 0 bridgehead atoms. The van der Waals surface area contributed by atoms with Gasteiger partial charge in [0.25, 0.3) is 0 Å². The second kappa shape index (κ2) is 7.31. The van der Waals surface area contributed by atoms with Crippen molar-refractivity contribution in [1.82, 2.24) is 0 Å². The van der Waals surface area contributed by atoms with E-state index in [9.17, 15) is 15.2 Å². The van der Waals surface area contributed by atoms with Gasteiger partial charge >= 0.3 is 5.97 Å². The zero-order valence-electron chi connectivity index (χ0n) is 11.5. The number of nitriles is 1. The number of aliphatic carboxylic acids is 1. The lowest BCUT2D eigenvalue weighted by atomic mass is 9.80. The zero-order chi connectivity index (χ0) is 16.1. The highest BCUT2D eigenvalue weighted by atomic mass is 35.5. The average molecular weight is 334 g/mol. The fourth-order valence-corrected chi connectivity index (χ4v) is 3.01. The third-order valence-corrected chi connectivity index (χ3v) is 3.84. The van der Waals surface area contributed by atoms with E-state index in [-0.39, 0.29) is 6.42 Å². The molecule has 2 aromatic carbocycles. The number of benzene rings is 2. The van der Waals surface area contributed by atoms with E-state index in [1.54, 1.807) is 18.2 Å². The van der Waals surface area contributed by atoms with E-state index >= 15 is 0 Å². The molecule has 0 heterocycles. The molecule has 0 saturated heterocycles. The number of carboxylic acid groups (broad SMARTS) is 1. The molecule has 2 rings (SSSR count). The van der Waals surface area contributed by atoms with Crippen LogP contribution in [0, 0.1) is 11.3 Å². The van der Waals surface area contributed by atoms with Gasteiger partial charge in [-0.05, 0) is 29.3 Å². The van der Waals surface area contributed by atoms with Crippen LogP contribution in [0.5, 0.6) is 0 Å². The highest BCUT2D eigenvalue weighted by Crippen LogP contribution is 2.37. The minimum atomic E-state index is -0.975. The molecule has 0 aliphatic carbocycles. The summed E-state index contributed by atoms with van der Waals surface area (Å²) >= 11 is 12.0. The van der Waals surface area contributed by atoms with Gasteiger partial charge in [-0.2, -0.15) is 5.26 Å². The van der Waals surface area contributed by atoms with Crippen LogP contribution in [0.15, 0.2) is 48.5 Å². The van der Waals surface area contributed by atoms with Gasteiger partial charge in [0.1, 0.15) is 0 Å². The minimum Gasteiger partial charge on any atom is -0.481 e. The third kappa shape index (κ3) is 4.00. The summed E-state index contributed by atoms with van der Waals surface area (Å²) < 4.78 is 0. The molecule has 0 aromatic heterocycles. The fourth-order valence-electron chi connectivity index (χ4n) is 2.46. The van der Waals surface area contributed by atoms with Crippen LogP contribution in [-0.2, 0) is 4.79 Å². The van der Waals surface area contributed by atoms with Gasteiger partial charge in [0, 0.05) is 16.0 Å². The van der Waals surface area contributed by atoms with E-state index in [0.717, 1.165) is 5.56 Å². The lowest BCUT2D eigenvalue weighted by Gasteiger charge is -2.22. The summed E-state index contributed by atoms with van der Waals surface area (Å²) in [4.78, 5) is 11.2. The van der Waals surface area contributed by atoms with Gasteiger partial charge in [0.05, 0.1) is 18.4 Å². The Hall–Kier alpha value is -2.02. The van der Waals surface area contributed by atoms with Crippen LogP contribution >= 0.6 is 23.2 Å². The zero-order valence-corrected chi connectivity index (χ0v) is 13.1. The first-order valence-electron chi connectivity index (χ1n) is 6.63. The van der Waals surface area contributed by atoms with Gasteiger partial charge in [0.2, 0.25) is 0 Å². The van der Waals surface area contributed by atoms with E-state index < -0.39 is 17.8 Å². The highest BCUT2D eigenvalue weighted by Gasteiger charge is 2.27. The Bertz CT molecular complexity index is 690. The lowest BCUT2D eigenvalue weighted by molar-refractivity contribution is -0.137. The smallest absolute Gasteiger partial charge is 0.304 e. The Balaban J connectivity index is 2.49. The SMILES string of the molecule is N#CC(c1ccccc1)C(CC(=O)O)c1cc(Cl)cc(Cl)c1. The van der Waals surface area contributed by atoms with Crippen LogP contribution in [0.3, 0.4) is 0 Å². The van der Waals surface area contributed by atoms with Crippen molar-refractivity contribution in [1.29, 1.82) is 5.26 Å². The van der Waals surface area contributed by atoms with E-state index in [2.05, 4.69) is 6.07 Å². The number of hydrogen-bond donors (Lipinski definition) is 1. The molecule has 0 radical (unpaired) electrons. The van der Waals surface area contributed by atoms with Crippen molar-refractivity contribution in [2.24, 2.45) is 0 Å². The topological polar surface area (TPSA) is 61.1 Å². The number of carboxylic acids is 1. The van der Waals surface area contributed by atoms with Crippen LogP contribution in [0.25, 0.3) is 0 Å². The van der Waals surface area contributed by atoms with Gasteiger partial charge < -0.3 is 5.11 Å².